The van der Waals surface area contributed by atoms with E-state index in [1.165, 1.54) is 0 Å². The lowest BCUT2D eigenvalue weighted by Crippen LogP contribution is -1.94. The Bertz CT molecular complexity index is 1160. The van der Waals surface area contributed by atoms with Crippen molar-refractivity contribution in [1.82, 2.24) is 9.55 Å². The number of nitrogens with zero attached hydrogens (tertiary/aromatic N) is 2. The zero-order chi connectivity index (χ0) is 17.8. The molecule has 0 bridgehead atoms. The van der Waals surface area contributed by atoms with E-state index in [2.05, 4.69) is 0 Å². The minimum atomic E-state index is 0.220. The molecule has 130 valence electrons. The van der Waals surface area contributed by atoms with Crippen LogP contribution >= 0.6 is 0 Å². The van der Waals surface area contributed by atoms with Crippen LogP contribution in [-0.2, 0) is 0 Å². The van der Waals surface area contributed by atoms with Crippen LogP contribution in [0.4, 0.5) is 5.69 Å². The van der Waals surface area contributed by atoms with Crippen LogP contribution in [0.5, 0.6) is 11.6 Å². The van der Waals surface area contributed by atoms with E-state index >= 15 is 0 Å². The van der Waals surface area contributed by atoms with Crippen LogP contribution in [0.2, 0.25) is 0 Å². The van der Waals surface area contributed by atoms with Gasteiger partial charge in [0.1, 0.15) is 5.75 Å². The molecule has 2 heterocycles. The van der Waals surface area contributed by atoms with Gasteiger partial charge in [0.2, 0.25) is 5.88 Å². The molecular weight excluding hydrogens is 326 g/mol. The van der Waals surface area contributed by atoms with Crippen molar-refractivity contribution in [3.8, 4) is 22.8 Å². The van der Waals surface area contributed by atoms with Gasteiger partial charge in [-0.25, -0.2) is 4.98 Å². The van der Waals surface area contributed by atoms with Gasteiger partial charge in [-0.15, -0.1) is 0 Å². The summed E-state index contributed by atoms with van der Waals surface area (Å²) in [6.07, 6.45) is 4.08. The number of para-hydroxylation sites is 2. The molecule has 0 spiro atoms. The second-order valence-electron chi connectivity index (χ2n) is 6.78. The third-order valence-electron chi connectivity index (χ3n) is 5.15. The van der Waals surface area contributed by atoms with Crippen molar-refractivity contribution in [1.29, 1.82) is 0 Å². The van der Waals surface area contributed by atoms with Gasteiger partial charge in [-0.3, -0.25) is 0 Å². The first-order valence-electron chi connectivity index (χ1n) is 8.74. The molecule has 0 atom stereocenters. The topological polar surface area (TPSA) is 73.3 Å². The number of rotatable bonds is 3. The fourth-order valence-electron chi connectivity index (χ4n) is 3.70. The fraction of sp³-hybridized carbons (Fsp3) is 0.190. The number of hydrogen-bond donors (Lipinski definition) is 2. The first-order valence-corrected chi connectivity index (χ1v) is 8.74. The van der Waals surface area contributed by atoms with Crippen molar-refractivity contribution < 1.29 is 9.84 Å². The Hall–Kier alpha value is -3.21. The summed E-state index contributed by atoms with van der Waals surface area (Å²) in [5.74, 6) is 1.01. The van der Waals surface area contributed by atoms with Crippen molar-refractivity contribution in [3.05, 3.63) is 48.7 Å². The van der Waals surface area contributed by atoms with Gasteiger partial charge in [-0.2, -0.15) is 0 Å². The van der Waals surface area contributed by atoms with E-state index in [-0.39, 0.29) is 5.88 Å². The average Bonchev–Trinajstić information content (AvgIpc) is 3.45. The molecule has 1 saturated carbocycles. The first-order chi connectivity index (χ1) is 12.7. The third kappa shape index (κ3) is 2.07. The highest BCUT2D eigenvalue weighted by atomic mass is 16.5. The van der Waals surface area contributed by atoms with Crippen LogP contribution in [0.25, 0.3) is 32.9 Å². The summed E-state index contributed by atoms with van der Waals surface area (Å²) in [5.41, 5.74) is 10.5. The van der Waals surface area contributed by atoms with Crippen LogP contribution < -0.4 is 10.5 Å². The van der Waals surface area contributed by atoms with E-state index in [1.54, 1.807) is 7.11 Å². The van der Waals surface area contributed by atoms with Crippen molar-refractivity contribution in [3.63, 3.8) is 0 Å². The summed E-state index contributed by atoms with van der Waals surface area (Å²) in [6.45, 7) is 0. The largest absolute Gasteiger partial charge is 0.496 e. The molecule has 3 N–H and O–H groups in total. The highest BCUT2D eigenvalue weighted by molar-refractivity contribution is 6.12. The number of ether oxygens (including phenoxy) is 1. The molecule has 5 rings (SSSR count). The maximum atomic E-state index is 10.6. The highest BCUT2D eigenvalue weighted by Gasteiger charge is 2.28. The normalized spacial score (nSPS) is 14.2. The van der Waals surface area contributed by atoms with Crippen LogP contribution in [0.1, 0.15) is 18.9 Å². The third-order valence-corrected chi connectivity index (χ3v) is 5.15. The van der Waals surface area contributed by atoms with E-state index in [9.17, 15) is 5.11 Å². The summed E-state index contributed by atoms with van der Waals surface area (Å²) in [4.78, 5) is 4.87. The lowest BCUT2D eigenvalue weighted by Gasteiger charge is -2.12. The smallest absolute Gasteiger partial charge is 0.203 e. The van der Waals surface area contributed by atoms with Crippen LogP contribution in [0.15, 0.2) is 48.7 Å². The van der Waals surface area contributed by atoms with Gasteiger partial charge in [0.25, 0.3) is 0 Å². The second-order valence-corrected chi connectivity index (χ2v) is 6.78. The number of fused-ring (bicyclic) bond motifs is 2. The summed E-state index contributed by atoms with van der Waals surface area (Å²) < 4.78 is 7.42. The van der Waals surface area contributed by atoms with E-state index in [1.807, 2.05) is 53.2 Å². The Balaban J connectivity index is 1.85. The minimum Gasteiger partial charge on any atom is -0.496 e. The van der Waals surface area contributed by atoms with E-state index < -0.39 is 0 Å². The van der Waals surface area contributed by atoms with Gasteiger partial charge in [0, 0.05) is 28.8 Å². The Kier molecular flexibility index (Phi) is 3.13. The molecule has 4 aromatic rings. The molecule has 0 radical (unpaired) electrons. The fourth-order valence-corrected chi connectivity index (χ4v) is 3.70. The quantitative estimate of drug-likeness (QED) is 0.574. The monoisotopic (exact) mass is 345 g/mol. The molecule has 0 unspecified atom stereocenters. The first kappa shape index (κ1) is 15.1. The Morgan fingerprint density at radius 3 is 2.65 bits per heavy atom. The van der Waals surface area contributed by atoms with E-state index in [4.69, 9.17) is 15.5 Å². The van der Waals surface area contributed by atoms with Gasteiger partial charge in [-0.05, 0) is 18.9 Å². The molecule has 26 heavy (non-hydrogen) atoms. The number of hydrogen-bond acceptors (Lipinski definition) is 4. The van der Waals surface area contributed by atoms with E-state index in [0.29, 0.717) is 17.1 Å². The predicted octanol–water partition coefficient (Wildman–Crippen LogP) is 4.49. The zero-order valence-corrected chi connectivity index (χ0v) is 14.4. The molecule has 2 aromatic carbocycles. The molecular formula is C21H19N3O2. The van der Waals surface area contributed by atoms with Crippen LogP contribution in [0, 0.1) is 0 Å². The molecule has 2 aromatic heterocycles. The Labute approximate surface area is 150 Å². The highest BCUT2D eigenvalue weighted by Crippen LogP contribution is 2.45. The maximum Gasteiger partial charge on any atom is 0.203 e. The number of aromatic hydroxyl groups is 1. The SMILES string of the molecule is COc1ccccc1-c1cccc2c(N)c3c(O)n(C4CC4)cc3nc12. The zero-order valence-electron chi connectivity index (χ0n) is 14.4. The average molecular weight is 345 g/mol. The summed E-state index contributed by atoms with van der Waals surface area (Å²) in [5, 5.41) is 12.1. The lowest BCUT2D eigenvalue weighted by atomic mass is 9.99. The number of benzene rings is 2. The lowest BCUT2D eigenvalue weighted by molar-refractivity contribution is 0.416. The number of nitrogen functional groups attached to an aromatic ring is 1. The van der Waals surface area contributed by atoms with Gasteiger partial charge in [-0.1, -0.05) is 36.4 Å². The molecule has 0 aliphatic heterocycles. The Morgan fingerprint density at radius 1 is 1.12 bits per heavy atom. The maximum absolute atomic E-state index is 10.6. The molecule has 5 nitrogen and oxygen atoms in total. The van der Waals surface area contributed by atoms with Gasteiger partial charge in [0.05, 0.1) is 29.2 Å². The number of aromatic nitrogens is 2. The number of pyridine rings is 1. The molecule has 1 fully saturated rings. The van der Waals surface area contributed by atoms with E-state index in [0.717, 1.165) is 46.1 Å². The summed E-state index contributed by atoms with van der Waals surface area (Å²) in [7, 11) is 1.66. The summed E-state index contributed by atoms with van der Waals surface area (Å²) >= 11 is 0. The molecule has 0 amide bonds. The number of anilines is 1. The van der Waals surface area contributed by atoms with Crippen molar-refractivity contribution in [2.24, 2.45) is 0 Å². The van der Waals surface area contributed by atoms with Crippen molar-refractivity contribution in [2.45, 2.75) is 18.9 Å². The molecule has 5 heteroatoms. The molecule has 0 saturated heterocycles. The van der Waals surface area contributed by atoms with Crippen LogP contribution in [-0.4, -0.2) is 21.8 Å². The van der Waals surface area contributed by atoms with Crippen LogP contribution in [0.3, 0.4) is 0 Å². The van der Waals surface area contributed by atoms with Gasteiger partial charge >= 0.3 is 0 Å². The molecule has 1 aliphatic carbocycles. The number of nitrogens with two attached hydrogens (primary N) is 1. The number of methoxy groups -OCH3 is 1. The predicted molar refractivity (Wildman–Crippen MR) is 104 cm³/mol. The minimum absolute atomic E-state index is 0.220. The van der Waals surface area contributed by atoms with Gasteiger partial charge in [0.15, 0.2) is 0 Å². The standard InChI is InChI=1S/C21H19N3O2/c1-26-17-8-3-2-5-13(17)14-6-4-7-15-19(22)18-16(23-20(14)15)11-24(21(18)25)12-9-10-12/h2-8,11-12,25H,9-10,22H2,1H3. The summed E-state index contributed by atoms with van der Waals surface area (Å²) in [6, 6.07) is 14.2. The van der Waals surface area contributed by atoms with Crippen molar-refractivity contribution in [2.75, 3.05) is 12.8 Å². The van der Waals surface area contributed by atoms with Crippen molar-refractivity contribution >= 4 is 27.5 Å². The molecule has 1 aliphatic rings. The Morgan fingerprint density at radius 2 is 1.88 bits per heavy atom. The van der Waals surface area contributed by atoms with Gasteiger partial charge < -0.3 is 20.1 Å². The second kappa shape index (κ2) is 5.39.